The zero-order chi connectivity index (χ0) is 10.6. The van der Waals surface area contributed by atoms with Crippen LogP contribution in [0.25, 0.3) is 0 Å². The lowest BCUT2D eigenvalue weighted by Crippen LogP contribution is -2.21. The summed E-state index contributed by atoms with van der Waals surface area (Å²) < 4.78 is 0.910. The Bertz CT molecular complexity index is 306. The molecule has 1 aromatic carbocycles. The Morgan fingerprint density at radius 3 is 2.79 bits per heavy atom. The van der Waals surface area contributed by atoms with Crippen molar-refractivity contribution in [3.63, 3.8) is 0 Å². The number of benzene rings is 1. The predicted octanol–water partition coefficient (Wildman–Crippen LogP) is 2.53. The Hall–Kier alpha value is -0.0900. The van der Waals surface area contributed by atoms with Crippen LogP contribution in [0.2, 0.25) is 5.02 Å². The molecule has 0 unspecified atom stereocenters. The van der Waals surface area contributed by atoms with Gasteiger partial charge in [0.05, 0.1) is 11.6 Å². The fourth-order valence-corrected chi connectivity index (χ4v) is 1.65. The molecule has 0 saturated carbocycles. The van der Waals surface area contributed by atoms with Gasteiger partial charge in [0.15, 0.2) is 0 Å². The maximum absolute atomic E-state index is 8.74. The third-order valence-corrected chi connectivity index (χ3v) is 3.15. The van der Waals surface area contributed by atoms with E-state index in [0.29, 0.717) is 6.54 Å². The van der Waals surface area contributed by atoms with Crippen molar-refractivity contribution in [1.29, 1.82) is 0 Å². The quantitative estimate of drug-likeness (QED) is 0.915. The third kappa shape index (κ3) is 3.58. The molecule has 2 nitrogen and oxygen atoms in total. The lowest BCUT2D eigenvalue weighted by molar-refractivity contribution is 0.217. The molecule has 0 saturated heterocycles. The Kier molecular flexibility index (Phi) is 4.89. The molecule has 0 aliphatic rings. The summed E-state index contributed by atoms with van der Waals surface area (Å²) in [4.78, 5) is 2.04. The average molecular weight is 279 g/mol. The number of hydrogen-bond donors (Lipinski definition) is 1. The first kappa shape index (κ1) is 12.0. The molecule has 1 aromatic rings. The maximum atomic E-state index is 8.74. The molecule has 1 rings (SSSR count). The summed E-state index contributed by atoms with van der Waals surface area (Å²) in [5, 5.41) is 9.46. The van der Waals surface area contributed by atoms with Crippen LogP contribution in [-0.4, -0.2) is 30.2 Å². The van der Waals surface area contributed by atoms with E-state index < -0.39 is 0 Å². The molecule has 0 heterocycles. The van der Waals surface area contributed by atoms with Crippen LogP contribution in [0.5, 0.6) is 0 Å². The van der Waals surface area contributed by atoms with Gasteiger partial charge in [0, 0.05) is 17.6 Å². The Labute approximate surface area is 97.6 Å². The minimum absolute atomic E-state index is 0.181. The maximum Gasteiger partial charge on any atom is 0.0558 e. The highest BCUT2D eigenvalue weighted by atomic mass is 79.9. The molecule has 0 spiro atoms. The highest BCUT2D eigenvalue weighted by Crippen LogP contribution is 2.23. The van der Waals surface area contributed by atoms with Crippen molar-refractivity contribution in [1.82, 2.24) is 4.90 Å². The summed E-state index contributed by atoms with van der Waals surface area (Å²) in [6.07, 6.45) is 0. The van der Waals surface area contributed by atoms with Crippen molar-refractivity contribution in [3.05, 3.63) is 33.3 Å². The van der Waals surface area contributed by atoms with Crippen LogP contribution in [0.15, 0.2) is 22.7 Å². The van der Waals surface area contributed by atoms with Gasteiger partial charge in [-0.15, -0.1) is 0 Å². The first-order chi connectivity index (χ1) is 6.63. The molecular weight excluding hydrogens is 265 g/mol. The first-order valence-electron chi connectivity index (χ1n) is 4.37. The van der Waals surface area contributed by atoms with Crippen LogP contribution in [0.1, 0.15) is 5.56 Å². The van der Waals surface area contributed by atoms with Crippen LogP contribution in [-0.2, 0) is 6.54 Å². The van der Waals surface area contributed by atoms with Crippen molar-refractivity contribution >= 4 is 27.5 Å². The van der Waals surface area contributed by atoms with Crippen LogP contribution in [0.3, 0.4) is 0 Å². The topological polar surface area (TPSA) is 23.5 Å². The second-order valence-corrected chi connectivity index (χ2v) is 4.47. The molecule has 4 heteroatoms. The van der Waals surface area contributed by atoms with Crippen molar-refractivity contribution in [3.8, 4) is 0 Å². The molecule has 0 atom stereocenters. The number of aliphatic hydroxyl groups is 1. The zero-order valence-electron chi connectivity index (χ0n) is 8.00. The second-order valence-electron chi connectivity index (χ2n) is 3.21. The van der Waals surface area contributed by atoms with E-state index in [4.69, 9.17) is 16.7 Å². The number of hydrogen-bond acceptors (Lipinski definition) is 2. The van der Waals surface area contributed by atoms with Crippen LogP contribution >= 0.6 is 27.5 Å². The second kappa shape index (κ2) is 5.71. The van der Waals surface area contributed by atoms with Gasteiger partial charge in [-0.1, -0.05) is 17.7 Å². The molecule has 0 radical (unpaired) electrons. The summed E-state index contributed by atoms with van der Waals surface area (Å²) in [5.74, 6) is 0. The van der Waals surface area contributed by atoms with Crippen molar-refractivity contribution in [2.45, 2.75) is 6.54 Å². The molecule has 0 aromatic heterocycles. The molecule has 0 aliphatic carbocycles. The zero-order valence-corrected chi connectivity index (χ0v) is 10.3. The minimum atomic E-state index is 0.181. The number of likely N-dealkylation sites (N-methyl/N-ethyl adjacent to an activating group) is 1. The average Bonchev–Trinajstić information content (AvgIpc) is 2.12. The van der Waals surface area contributed by atoms with Gasteiger partial charge in [-0.2, -0.15) is 0 Å². The van der Waals surface area contributed by atoms with E-state index in [2.05, 4.69) is 15.9 Å². The van der Waals surface area contributed by atoms with E-state index >= 15 is 0 Å². The molecule has 1 N–H and O–H groups in total. The van der Waals surface area contributed by atoms with Crippen molar-refractivity contribution in [2.75, 3.05) is 20.2 Å². The highest BCUT2D eigenvalue weighted by Gasteiger charge is 2.02. The van der Waals surface area contributed by atoms with Crippen LogP contribution < -0.4 is 0 Å². The van der Waals surface area contributed by atoms with Gasteiger partial charge in [-0.05, 0) is 40.7 Å². The lowest BCUT2D eigenvalue weighted by Gasteiger charge is -2.15. The van der Waals surface area contributed by atoms with Gasteiger partial charge in [0.1, 0.15) is 0 Å². The number of nitrogens with zero attached hydrogens (tertiary/aromatic N) is 1. The van der Waals surface area contributed by atoms with Crippen molar-refractivity contribution in [2.24, 2.45) is 0 Å². The normalized spacial score (nSPS) is 10.9. The summed E-state index contributed by atoms with van der Waals surface area (Å²) >= 11 is 9.30. The molecular formula is C10H13BrClNO. The van der Waals surface area contributed by atoms with Gasteiger partial charge >= 0.3 is 0 Å². The molecule has 0 fully saturated rings. The van der Waals surface area contributed by atoms with Gasteiger partial charge in [0.2, 0.25) is 0 Å². The number of aliphatic hydroxyl groups excluding tert-OH is 1. The summed E-state index contributed by atoms with van der Waals surface area (Å²) in [6, 6.07) is 5.88. The molecule has 0 amide bonds. The largest absolute Gasteiger partial charge is 0.395 e. The smallest absolute Gasteiger partial charge is 0.0558 e. The van der Waals surface area contributed by atoms with E-state index in [1.165, 1.54) is 0 Å². The Balaban J connectivity index is 2.63. The van der Waals surface area contributed by atoms with Crippen LogP contribution in [0, 0.1) is 0 Å². The standard InChI is InChI=1S/C10H13BrClNO/c1-13(4-5-14)7-8-2-3-9(11)10(12)6-8/h2-3,6,14H,4-5,7H2,1H3. The van der Waals surface area contributed by atoms with E-state index in [-0.39, 0.29) is 6.61 Å². The predicted molar refractivity (Wildman–Crippen MR) is 62.6 cm³/mol. The van der Waals surface area contributed by atoms with E-state index in [1.807, 2.05) is 30.1 Å². The number of rotatable bonds is 4. The van der Waals surface area contributed by atoms with Gasteiger partial charge < -0.3 is 5.11 Å². The first-order valence-corrected chi connectivity index (χ1v) is 5.54. The Morgan fingerprint density at radius 1 is 1.50 bits per heavy atom. The monoisotopic (exact) mass is 277 g/mol. The van der Waals surface area contributed by atoms with E-state index in [9.17, 15) is 0 Å². The molecule has 14 heavy (non-hydrogen) atoms. The number of halogens is 2. The van der Waals surface area contributed by atoms with Crippen molar-refractivity contribution < 1.29 is 5.11 Å². The fraction of sp³-hybridized carbons (Fsp3) is 0.400. The lowest BCUT2D eigenvalue weighted by atomic mass is 10.2. The summed E-state index contributed by atoms with van der Waals surface area (Å²) in [7, 11) is 1.96. The summed E-state index contributed by atoms with van der Waals surface area (Å²) in [5.41, 5.74) is 1.15. The van der Waals surface area contributed by atoms with Gasteiger partial charge in [-0.3, -0.25) is 4.90 Å². The summed E-state index contributed by atoms with van der Waals surface area (Å²) in [6.45, 7) is 1.65. The van der Waals surface area contributed by atoms with Crippen LogP contribution in [0.4, 0.5) is 0 Å². The Morgan fingerprint density at radius 2 is 2.21 bits per heavy atom. The van der Waals surface area contributed by atoms with Gasteiger partial charge in [0.25, 0.3) is 0 Å². The van der Waals surface area contributed by atoms with E-state index in [0.717, 1.165) is 21.6 Å². The third-order valence-electron chi connectivity index (χ3n) is 1.92. The fourth-order valence-electron chi connectivity index (χ4n) is 1.20. The highest BCUT2D eigenvalue weighted by molar-refractivity contribution is 9.10. The molecule has 78 valence electrons. The minimum Gasteiger partial charge on any atom is -0.395 e. The van der Waals surface area contributed by atoms with E-state index in [1.54, 1.807) is 0 Å². The SMILES string of the molecule is CN(CCO)Cc1ccc(Br)c(Cl)c1. The molecule has 0 bridgehead atoms. The van der Waals surface area contributed by atoms with Gasteiger partial charge in [-0.25, -0.2) is 0 Å². The molecule has 0 aliphatic heterocycles.